The third-order valence-corrected chi connectivity index (χ3v) is 2.77. The Kier molecular flexibility index (Phi) is 3.78. The number of rotatable bonds is 5. The number of nitro groups is 1. The number of hydrogen-bond acceptors (Lipinski definition) is 6. The summed E-state index contributed by atoms with van der Waals surface area (Å²) in [5, 5.41) is 22.1. The van der Waals surface area contributed by atoms with Crippen LogP contribution < -0.4 is 5.32 Å². The van der Waals surface area contributed by atoms with Crippen molar-refractivity contribution in [3.05, 3.63) is 16.3 Å². The summed E-state index contributed by atoms with van der Waals surface area (Å²) in [6, 6.07) is -0.800. The van der Waals surface area contributed by atoms with Crippen LogP contribution in [0.15, 0.2) is 6.20 Å². The van der Waals surface area contributed by atoms with Gasteiger partial charge in [-0.3, -0.25) is 10.1 Å². The lowest BCUT2D eigenvalue weighted by Crippen LogP contribution is -2.34. The predicted octanol–water partition coefficient (Wildman–Crippen LogP) is 1.57. The number of anilines is 1. The Morgan fingerprint density at radius 3 is 2.69 bits per heavy atom. The lowest BCUT2D eigenvalue weighted by atomic mass is 10.1. The van der Waals surface area contributed by atoms with Gasteiger partial charge in [-0.1, -0.05) is 13.8 Å². The van der Waals surface area contributed by atoms with Gasteiger partial charge in [-0.15, -0.1) is 0 Å². The van der Waals surface area contributed by atoms with Crippen LogP contribution in [0, 0.1) is 16.0 Å². The van der Waals surface area contributed by atoms with Gasteiger partial charge in [-0.05, 0) is 17.3 Å². The van der Waals surface area contributed by atoms with Crippen LogP contribution in [-0.2, 0) is 4.79 Å². The van der Waals surface area contributed by atoms with E-state index in [1.54, 1.807) is 13.8 Å². The number of carboxylic acids is 1. The minimum atomic E-state index is -1.01. The fourth-order valence-corrected chi connectivity index (χ4v) is 1.73. The Balaban J connectivity index is 2.78. The van der Waals surface area contributed by atoms with E-state index in [1.165, 1.54) is 0 Å². The maximum Gasteiger partial charge on any atom is 0.345 e. The van der Waals surface area contributed by atoms with Crippen molar-refractivity contribution in [2.75, 3.05) is 5.32 Å². The minimum Gasteiger partial charge on any atom is -0.480 e. The van der Waals surface area contributed by atoms with E-state index in [0.717, 1.165) is 17.5 Å². The third kappa shape index (κ3) is 2.89. The van der Waals surface area contributed by atoms with Gasteiger partial charge < -0.3 is 10.4 Å². The maximum atomic E-state index is 10.9. The molecule has 2 N–H and O–H groups in total. The number of carboxylic acid groups (broad SMARTS) is 1. The molecule has 8 heteroatoms. The molecule has 1 unspecified atom stereocenters. The van der Waals surface area contributed by atoms with E-state index in [-0.39, 0.29) is 16.1 Å². The summed E-state index contributed by atoms with van der Waals surface area (Å²) in [4.78, 5) is 24.4. The fourth-order valence-electron chi connectivity index (χ4n) is 1.06. The van der Waals surface area contributed by atoms with Crippen molar-refractivity contribution in [3.63, 3.8) is 0 Å². The number of aliphatic carboxylic acids is 1. The van der Waals surface area contributed by atoms with Crippen molar-refractivity contribution in [1.82, 2.24) is 4.98 Å². The second-order valence-electron chi connectivity index (χ2n) is 3.47. The Hall–Kier alpha value is -1.70. The van der Waals surface area contributed by atoms with E-state index < -0.39 is 16.9 Å². The average Bonchev–Trinajstić information content (AvgIpc) is 2.61. The highest BCUT2D eigenvalue weighted by molar-refractivity contribution is 7.18. The number of carbonyl (C=O) groups is 1. The number of aromatic nitrogens is 1. The van der Waals surface area contributed by atoms with Crippen LogP contribution in [0.1, 0.15) is 13.8 Å². The van der Waals surface area contributed by atoms with E-state index in [4.69, 9.17) is 5.11 Å². The molecule has 0 fully saturated rings. The van der Waals surface area contributed by atoms with Gasteiger partial charge in [0.1, 0.15) is 12.2 Å². The molecule has 88 valence electrons. The van der Waals surface area contributed by atoms with Crippen molar-refractivity contribution in [2.45, 2.75) is 19.9 Å². The summed E-state index contributed by atoms with van der Waals surface area (Å²) >= 11 is 0.819. The van der Waals surface area contributed by atoms with Gasteiger partial charge in [-0.2, -0.15) is 0 Å². The van der Waals surface area contributed by atoms with E-state index in [9.17, 15) is 14.9 Å². The SMILES string of the molecule is CC(C)C(Nc1ncc([N+](=O)[O-])s1)C(=O)O. The quantitative estimate of drug-likeness (QED) is 0.602. The van der Waals surface area contributed by atoms with Crippen molar-refractivity contribution in [3.8, 4) is 0 Å². The van der Waals surface area contributed by atoms with Gasteiger partial charge in [0.15, 0.2) is 5.13 Å². The molecule has 0 saturated carbocycles. The summed E-state index contributed by atoms with van der Waals surface area (Å²) in [6.07, 6.45) is 1.10. The van der Waals surface area contributed by atoms with Crippen LogP contribution in [0.25, 0.3) is 0 Å². The topological polar surface area (TPSA) is 105 Å². The Morgan fingerprint density at radius 2 is 2.31 bits per heavy atom. The molecule has 0 aliphatic rings. The molecular formula is C8H11N3O4S. The molecule has 0 bridgehead atoms. The van der Waals surface area contributed by atoms with Crippen LogP contribution in [0.2, 0.25) is 0 Å². The second-order valence-corrected chi connectivity index (χ2v) is 4.47. The zero-order valence-corrected chi connectivity index (χ0v) is 9.52. The molecule has 0 amide bonds. The zero-order valence-electron chi connectivity index (χ0n) is 8.71. The standard InChI is InChI=1S/C8H11N3O4S/c1-4(2)6(7(12)13)10-8-9-3-5(16-8)11(14)15/h3-4,6H,1-2H3,(H,9,10)(H,12,13). The average molecular weight is 245 g/mol. The van der Waals surface area contributed by atoms with Gasteiger partial charge in [-0.25, -0.2) is 9.78 Å². The first-order chi connectivity index (χ1) is 7.41. The second kappa shape index (κ2) is 4.88. The first kappa shape index (κ1) is 12.4. The van der Waals surface area contributed by atoms with Gasteiger partial charge in [0.2, 0.25) is 0 Å². The molecule has 7 nitrogen and oxygen atoms in total. The molecule has 1 heterocycles. The van der Waals surface area contributed by atoms with E-state index in [1.807, 2.05) is 0 Å². The van der Waals surface area contributed by atoms with Crippen LogP contribution in [-0.4, -0.2) is 27.0 Å². The molecule has 1 aromatic rings. The molecule has 0 saturated heterocycles. The van der Waals surface area contributed by atoms with Crippen molar-refractivity contribution in [2.24, 2.45) is 5.92 Å². The molecule has 0 aliphatic heterocycles. The first-order valence-corrected chi connectivity index (χ1v) is 5.33. The smallest absolute Gasteiger partial charge is 0.345 e. The number of hydrogen-bond donors (Lipinski definition) is 2. The molecule has 1 aromatic heterocycles. The monoisotopic (exact) mass is 245 g/mol. The highest BCUT2D eigenvalue weighted by Crippen LogP contribution is 2.26. The molecule has 1 atom stereocenters. The first-order valence-electron chi connectivity index (χ1n) is 4.51. The summed E-state index contributed by atoms with van der Waals surface area (Å²) in [6.45, 7) is 3.49. The molecular weight excluding hydrogens is 234 g/mol. The van der Waals surface area contributed by atoms with Crippen LogP contribution >= 0.6 is 11.3 Å². The molecule has 0 radical (unpaired) electrons. The molecule has 0 aliphatic carbocycles. The van der Waals surface area contributed by atoms with Crippen molar-refractivity contribution in [1.29, 1.82) is 0 Å². The van der Waals surface area contributed by atoms with Gasteiger partial charge in [0.25, 0.3) is 0 Å². The third-order valence-electron chi connectivity index (χ3n) is 1.89. The van der Waals surface area contributed by atoms with E-state index >= 15 is 0 Å². The summed E-state index contributed by atoms with van der Waals surface area (Å²) in [5.41, 5.74) is 0. The Labute approximate surface area is 95.3 Å². The lowest BCUT2D eigenvalue weighted by molar-refractivity contribution is -0.380. The summed E-state index contributed by atoms with van der Waals surface area (Å²) in [7, 11) is 0. The van der Waals surface area contributed by atoms with Crippen molar-refractivity contribution < 1.29 is 14.8 Å². The number of nitrogens with zero attached hydrogens (tertiary/aromatic N) is 2. The summed E-state index contributed by atoms with van der Waals surface area (Å²) in [5.74, 6) is -1.15. The van der Waals surface area contributed by atoms with E-state index in [0.29, 0.717) is 0 Å². The van der Waals surface area contributed by atoms with Crippen LogP contribution in [0.5, 0.6) is 0 Å². The molecule has 0 aromatic carbocycles. The van der Waals surface area contributed by atoms with Gasteiger partial charge in [0.05, 0.1) is 4.92 Å². The Morgan fingerprint density at radius 1 is 1.69 bits per heavy atom. The normalized spacial score (nSPS) is 12.4. The molecule has 16 heavy (non-hydrogen) atoms. The van der Waals surface area contributed by atoms with Gasteiger partial charge >= 0.3 is 11.0 Å². The zero-order chi connectivity index (χ0) is 12.3. The highest BCUT2D eigenvalue weighted by Gasteiger charge is 2.23. The van der Waals surface area contributed by atoms with Crippen LogP contribution in [0.4, 0.5) is 10.1 Å². The van der Waals surface area contributed by atoms with Crippen molar-refractivity contribution >= 4 is 27.4 Å². The molecule has 0 spiro atoms. The van der Waals surface area contributed by atoms with E-state index in [2.05, 4.69) is 10.3 Å². The Bertz CT molecular complexity index is 404. The maximum absolute atomic E-state index is 10.9. The number of nitrogens with one attached hydrogen (secondary N) is 1. The largest absolute Gasteiger partial charge is 0.480 e. The lowest BCUT2D eigenvalue weighted by Gasteiger charge is -2.16. The van der Waals surface area contributed by atoms with Gasteiger partial charge in [0, 0.05) is 0 Å². The fraction of sp³-hybridized carbons (Fsp3) is 0.500. The predicted molar refractivity (Wildman–Crippen MR) is 58.7 cm³/mol. The number of thiazole rings is 1. The summed E-state index contributed by atoms with van der Waals surface area (Å²) < 4.78 is 0. The van der Waals surface area contributed by atoms with Crippen LogP contribution in [0.3, 0.4) is 0 Å². The highest BCUT2D eigenvalue weighted by atomic mass is 32.1. The minimum absolute atomic E-state index is 0.115. The molecule has 1 rings (SSSR count).